The standard InChI is InChI=1S/C15H16BrClN2O/c1-2-5-20-13-8-11(18)7-12(9-13)19-15-4-3-10(16)6-14(15)17/h3-4,6-9,19H,2,5,18H2,1H3. The molecule has 0 fully saturated rings. The number of anilines is 3. The summed E-state index contributed by atoms with van der Waals surface area (Å²) in [5.41, 5.74) is 8.20. The molecule has 0 spiro atoms. The highest BCUT2D eigenvalue weighted by Gasteiger charge is 2.04. The van der Waals surface area contributed by atoms with Gasteiger partial charge in [0.1, 0.15) is 5.75 Å². The molecular weight excluding hydrogens is 340 g/mol. The highest BCUT2D eigenvalue weighted by atomic mass is 79.9. The fourth-order valence-electron chi connectivity index (χ4n) is 1.74. The van der Waals surface area contributed by atoms with E-state index in [0.29, 0.717) is 17.3 Å². The van der Waals surface area contributed by atoms with Gasteiger partial charge in [0.15, 0.2) is 0 Å². The van der Waals surface area contributed by atoms with Crippen LogP contribution in [0.3, 0.4) is 0 Å². The quantitative estimate of drug-likeness (QED) is 0.723. The molecule has 0 amide bonds. The van der Waals surface area contributed by atoms with Crippen LogP contribution in [0.4, 0.5) is 17.1 Å². The normalized spacial score (nSPS) is 10.3. The zero-order valence-electron chi connectivity index (χ0n) is 11.1. The summed E-state index contributed by atoms with van der Waals surface area (Å²) in [7, 11) is 0. The SMILES string of the molecule is CCCOc1cc(N)cc(Nc2ccc(Br)cc2Cl)c1. The van der Waals surface area contributed by atoms with Gasteiger partial charge in [-0.25, -0.2) is 0 Å². The van der Waals surface area contributed by atoms with Crippen molar-refractivity contribution < 1.29 is 4.74 Å². The fraction of sp³-hybridized carbons (Fsp3) is 0.200. The average molecular weight is 356 g/mol. The van der Waals surface area contributed by atoms with Gasteiger partial charge < -0.3 is 15.8 Å². The van der Waals surface area contributed by atoms with E-state index in [1.807, 2.05) is 36.4 Å². The van der Waals surface area contributed by atoms with Crippen LogP contribution in [0.15, 0.2) is 40.9 Å². The molecule has 0 aromatic heterocycles. The summed E-state index contributed by atoms with van der Waals surface area (Å²) in [4.78, 5) is 0. The van der Waals surface area contributed by atoms with Gasteiger partial charge in [0.05, 0.1) is 17.3 Å². The van der Waals surface area contributed by atoms with Gasteiger partial charge in [-0.15, -0.1) is 0 Å². The Hall–Kier alpha value is -1.39. The summed E-state index contributed by atoms with van der Waals surface area (Å²) < 4.78 is 6.54. The third kappa shape index (κ3) is 4.05. The molecule has 0 aliphatic heterocycles. The van der Waals surface area contributed by atoms with E-state index in [-0.39, 0.29) is 0 Å². The number of benzene rings is 2. The molecular formula is C15H16BrClN2O. The number of nitrogens with two attached hydrogens (primary N) is 1. The van der Waals surface area contributed by atoms with E-state index in [1.54, 1.807) is 0 Å². The van der Waals surface area contributed by atoms with E-state index in [9.17, 15) is 0 Å². The van der Waals surface area contributed by atoms with Crippen LogP contribution in [-0.4, -0.2) is 6.61 Å². The Labute approximate surface area is 132 Å². The van der Waals surface area contributed by atoms with Crippen LogP contribution in [-0.2, 0) is 0 Å². The molecule has 2 aromatic rings. The van der Waals surface area contributed by atoms with E-state index in [1.165, 1.54) is 0 Å². The summed E-state index contributed by atoms with van der Waals surface area (Å²) in [6.07, 6.45) is 0.954. The van der Waals surface area contributed by atoms with Crippen molar-refractivity contribution in [1.29, 1.82) is 0 Å². The number of hydrogen-bond donors (Lipinski definition) is 2. The Morgan fingerprint density at radius 1 is 1.25 bits per heavy atom. The summed E-state index contributed by atoms with van der Waals surface area (Å²) in [5.74, 6) is 0.752. The van der Waals surface area contributed by atoms with Crippen LogP contribution in [0.2, 0.25) is 5.02 Å². The van der Waals surface area contributed by atoms with Crippen LogP contribution < -0.4 is 15.8 Å². The minimum Gasteiger partial charge on any atom is -0.493 e. The van der Waals surface area contributed by atoms with Gasteiger partial charge in [-0.3, -0.25) is 0 Å². The molecule has 0 atom stereocenters. The maximum absolute atomic E-state index is 6.19. The molecule has 0 aliphatic carbocycles. The fourth-order valence-corrected chi connectivity index (χ4v) is 2.46. The number of rotatable bonds is 5. The molecule has 3 N–H and O–H groups in total. The maximum Gasteiger partial charge on any atom is 0.123 e. The Balaban J connectivity index is 2.21. The Morgan fingerprint density at radius 3 is 2.75 bits per heavy atom. The van der Waals surface area contributed by atoms with Crippen LogP contribution in [0.25, 0.3) is 0 Å². The predicted octanol–water partition coefficient (Wildman–Crippen LogP) is 5.22. The monoisotopic (exact) mass is 354 g/mol. The van der Waals surface area contributed by atoms with Gasteiger partial charge in [-0.1, -0.05) is 34.5 Å². The first-order valence-corrected chi connectivity index (χ1v) is 7.51. The topological polar surface area (TPSA) is 47.3 Å². The van der Waals surface area contributed by atoms with E-state index < -0.39 is 0 Å². The second kappa shape index (κ2) is 6.86. The molecule has 5 heteroatoms. The van der Waals surface area contributed by atoms with Crippen molar-refractivity contribution in [3.05, 3.63) is 45.9 Å². The summed E-state index contributed by atoms with van der Waals surface area (Å²) >= 11 is 9.57. The van der Waals surface area contributed by atoms with Crippen molar-refractivity contribution in [3.8, 4) is 5.75 Å². The molecule has 0 bridgehead atoms. The van der Waals surface area contributed by atoms with Crippen molar-refractivity contribution in [2.24, 2.45) is 0 Å². The van der Waals surface area contributed by atoms with Crippen molar-refractivity contribution in [2.45, 2.75) is 13.3 Å². The molecule has 3 nitrogen and oxygen atoms in total. The Morgan fingerprint density at radius 2 is 2.05 bits per heavy atom. The van der Waals surface area contributed by atoms with Crippen LogP contribution in [0.5, 0.6) is 5.75 Å². The molecule has 0 saturated heterocycles. The zero-order valence-corrected chi connectivity index (χ0v) is 13.5. The maximum atomic E-state index is 6.19. The van der Waals surface area contributed by atoms with E-state index in [0.717, 1.165) is 28.0 Å². The lowest BCUT2D eigenvalue weighted by molar-refractivity contribution is 0.318. The van der Waals surface area contributed by atoms with E-state index in [4.69, 9.17) is 22.1 Å². The zero-order chi connectivity index (χ0) is 14.5. The molecule has 106 valence electrons. The van der Waals surface area contributed by atoms with E-state index >= 15 is 0 Å². The van der Waals surface area contributed by atoms with Gasteiger partial charge in [0, 0.05) is 28.0 Å². The van der Waals surface area contributed by atoms with Crippen LogP contribution in [0.1, 0.15) is 13.3 Å². The minimum atomic E-state index is 0.637. The second-order valence-corrected chi connectivity index (χ2v) is 5.71. The summed E-state index contributed by atoms with van der Waals surface area (Å²) in [6, 6.07) is 11.2. The Kier molecular flexibility index (Phi) is 5.15. The van der Waals surface area contributed by atoms with Gasteiger partial charge in [-0.2, -0.15) is 0 Å². The second-order valence-electron chi connectivity index (χ2n) is 4.39. The third-order valence-electron chi connectivity index (χ3n) is 2.61. The molecule has 0 saturated carbocycles. The summed E-state index contributed by atoms with van der Waals surface area (Å²) in [5, 5.41) is 3.88. The lowest BCUT2D eigenvalue weighted by Crippen LogP contribution is -1.98. The number of hydrogen-bond acceptors (Lipinski definition) is 3. The first-order valence-electron chi connectivity index (χ1n) is 6.34. The molecule has 0 unspecified atom stereocenters. The first-order chi connectivity index (χ1) is 9.58. The van der Waals surface area contributed by atoms with Crippen LogP contribution >= 0.6 is 27.5 Å². The number of nitrogen functional groups attached to an aromatic ring is 1. The molecule has 2 aromatic carbocycles. The average Bonchev–Trinajstić information content (AvgIpc) is 2.39. The Bertz CT molecular complexity index is 604. The van der Waals surface area contributed by atoms with Crippen molar-refractivity contribution in [1.82, 2.24) is 0 Å². The molecule has 2 rings (SSSR count). The number of ether oxygens (including phenoxy) is 1. The number of halogens is 2. The van der Waals surface area contributed by atoms with Crippen molar-refractivity contribution in [3.63, 3.8) is 0 Å². The summed E-state index contributed by atoms with van der Waals surface area (Å²) in [6.45, 7) is 2.73. The van der Waals surface area contributed by atoms with E-state index in [2.05, 4.69) is 28.2 Å². The highest BCUT2D eigenvalue weighted by molar-refractivity contribution is 9.10. The van der Waals surface area contributed by atoms with Crippen LogP contribution in [0, 0.1) is 0 Å². The molecule has 0 radical (unpaired) electrons. The van der Waals surface area contributed by atoms with Gasteiger partial charge in [0.25, 0.3) is 0 Å². The van der Waals surface area contributed by atoms with Gasteiger partial charge in [-0.05, 0) is 30.7 Å². The lowest BCUT2D eigenvalue weighted by Gasteiger charge is -2.12. The smallest absolute Gasteiger partial charge is 0.123 e. The predicted molar refractivity (Wildman–Crippen MR) is 89.1 cm³/mol. The highest BCUT2D eigenvalue weighted by Crippen LogP contribution is 2.31. The third-order valence-corrected chi connectivity index (χ3v) is 3.42. The van der Waals surface area contributed by atoms with Crippen molar-refractivity contribution in [2.75, 3.05) is 17.7 Å². The van der Waals surface area contributed by atoms with Gasteiger partial charge in [0.2, 0.25) is 0 Å². The lowest BCUT2D eigenvalue weighted by atomic mass is 10.2. The van der Waals surface area contributed by atoms with Gasteiger partial charge >= 0.3 is 0 Å². The molecule has 0 aliphatic rings. The minimum absolute atomic E-state index is 0.637. The number of nitrogens with one attached hydrogen (secondary N) is 1. The molecule has 20 heavy (non-hydrogen) atoms. The van der Waals surface area contributed by atoms with Crippen molar-refractivity contribution >= 4 is 44.6 Å². The first kappa shape index (κ1) is 15.0. The largest absolute Gasteiger partial charge is 0.493 e. The molecule has 0 heterocycles.